The molecule has 0 aromatic carbocycles. The zero-order chi connectivity index (χ0) is 13.9. The van der Waals surface area contributed by atoms with Crippen LogP contribution in [0.15, 0.2) is 0 Å². The van der Waals surface area contributed by atoms with Gasteiger partial charge in [-0.05, 0) is 26.7 Å². The zero-order valence-corrected chi connectivity index (χ0v) is 12.0. The molecule has 1 amide bonds. The van der Waals surface area contributed by atoms with Gasteiger partial charge in [-0.1, -0.05) is 13.8 Å². The lowest BCUT2D eigenvalue weighted by Crippen LogP contribution is -2.56. The van der Waals surface area contributed by atoms with Gasteiger partial charge in [-0.25, -0.2) is 4.79 Å². The maximum atomic E-state index is 12.1. The molecule has 1 aliphatic rings. The van der Waals surface area contributed by atoms with E-state index in [1.807, 2.05) is 34.6 Å². The molecule has 106 valence electrons. The summed E-state index contributed by atoms with van der Waals surface area (Å²) in [5.41, 5.74) is -0.525. The molecule has 5 nitrogen and oxygen atoms in total. The number of amides is 1. The summed E-state index contributed by atoms with van der Waals surface area (Å²) in [6, 6.07) is -0.325. The summed E-state index contributed by atoms with van der Waals surface area (Å²) >= 11 is 0. The highest BCUT2D eigenvalue weighted by Crippen LogP contribution is 2.19. The van der Waals surface area contributed by atoms with E-state index >= 15 is 0 Å². The predicted molar refractivity (Wildman–Crippen MR) is 68.4 cm³/mol. The number of hydrogen-bond donors (Lipinski definition) is 1. The number of ether oxygens (including phenoxy) is 2. The van der Waals surface area contributed by atoms with Crippen LogP contribution in [0.3, 0.4) is 0 Å². The summed E-state index contributed by atoms with van der Waals surface area (Å²) in [6.07, 6.45) is -0.978. The second-order valence-electron chi connectivity index (χ2n) is 6.05. The summed E-state index contributed by atoms with van der Waals surface area (Å²) in [7, 11) is 0. The molecule has 0 aromatic rings. The van der Waals surface area contributed by atoms with Gasteiger partial charge in [0.25, 0.3) is 0 Å². The number of nitrogens with zero attached hydrogens (tertiary/aromatic N) is 1. The fourth-order valence-corrected chi connectivity index (χ4v) is 1.90. The molecule has 2 unspecified atom stereocenters. The third kappa shape index (κ3) is 4.14. The topological polar surface area (TPSA) is 59.0 Å². The van der Waals surface area contributed by atoms with Crippen LogP contribution >= 0.6 is 0 Å². The van der Waals surface area contributed by atoms with Crippen LogP contribution in [0.4, 0.5) is 4.79 Å². The van der Waals surface area contributed by atoms with Crippen molar-refractivity contribution in [3.05, 3.63) is 0 Å². The first-order chi connectivity index (χ1) is 8.22. The number of rotatable bonds is 2. The van der Waals surface area contributed by atoms with E-state index in [-0.39, 0.29) is 18.1 Å². The molecule has 0 bridgehead atoms. The van der Waals surface area contributed by atoms with Gasteiger partial charge in [0.05, 0.1) is 25.4 Å². The van der Waals surface area contributed by atoms with Crippen LogP contribution in [0.5, 0.6) is 0 Å². The van der Waals surface area contributed by atoms with Crippen molar-refractivity contribution in [1.29, 1.82) is 0 Å². The van der Waals surface area contributed by atoms with Crippen LogP contribution in [0.25, 0.3) is 0 Å². The molecule has 0 aromatic heterocycles. The number of carbonyl (C=O) groups excluding carboxylic acids is 1. The molecule has 1 aliphatic heterocycles. The Morgan fingerprint density at radius 2 is 2.06 bits per heavy atom. The van der Waals surface area contributed by atoms with Crippen LogP contribution in [-0.2, 0) is 9.47 Å². The van der Waals surface area contributed by atoms with Crippen LogP contribution in [0.2, 0.25) is 0 Å². The molecule has 2 atom stereocenters. The third-order valence-corrected chi connectivity index (χ3v) is 2.87. The third-order valence-electron chi connectivity index (χ3n) is 2.87. The van der Waals surface area contributed by atoms with Gasteiger partial charge in [-0.15, -0.1) is 0 Å². The van der Waals surface area contributed by atoms with E-state index in [0.29, 0.717) is 19.8 Å². The molecule has 1 N–H and O–H groups in total. The number of aliphatic hydroxyl groups excluding tert-OH is 1. The van der Waals surface area contributed by atoms with Gasteiger partial charge in [0.15, 0.2) is 0 Å². The lowest BCUT2D eigenvalue weighted by atomic mass is 9.98. The highest BCUT2D eigenvalue weighted by Gasteiger charge is 2.36. The molecule has 5 heteroatoms. The average molecular weight is 259 g/mol. The lowest BCUT2D eigenvalue weighted by molar-refractivity contribution is -0.0758. The molecular formula is C13H25NO4. The van der Waals surface area contributed by atoms with Gasteiger partial charge >= 0.3 is 6.09 Å². The minimum absolute atomic E-state index is 0.0710. The van der Waals surface area contributed by atoms with Crippen molar-refractivity contribution in [2.75, 3.05) is 19.8 Å². The highest BCUT2D eigenvalue weighted by atomic mass is 16.6. The van der Waals surface area contributed by atoms with Crippen molar-refractivity contribution in [2.24, 2.45) is 5.92 Å². The van der Waals surface area contributed by atoms with Crippen LogP contribution in [0.1, 0.15) is 34.6 Å². The Hall–Kier alpha value is -0.810. The largest absolute Gasteiger partial charge is 0.444 e. The van der Waals surface area contributed by atoms with Gasteiger partial charge in [0.1, 0.15) is 5.60 Å². The van der Waals surface area contributed by atoms with E-state index in [4.69, 9.17) is 9.47 Å². The maximum Gasteiger partial charge on any atom is 0.410 e. The summed E-state index contributed by atoms with van der Waals surface area (Å²) in [6.45, 7) is 10.7. The summed E-state index contributed by atoms with van der Waals surface area (Å²) in [5, 5.41) is 10.1. The number of aliphatic hydroxyl groups is 1. The van der Waals surface area contributed by atoms with Gasteiger partial charge in [0.2, 0.25) is 0 Å². The fourth-order valence-electron chi connectivity index (χ4n) is 1.90. The molecule has 0 radical (unpaired) electrons. The van der Waals surface area contributed by atoms with E-state index in [1.54, 1.807) is 4.90 Å². The molecule has 0 spiro atoms. The molecule has 1 heterocycles. The van der Waals surface area contributed by atoms with Crippen molar-refractivity contribution in [1.82, 2.24) is 4.90 Å². The normalized spacial score (nSPS) is 23.1. The van der Waals surface area contributed by atoms with Crippen molar-refractivity contribution < 1.29 is 19.4 Å². The number of hydrogen-bond acceptors (Lipinski definition) is 4. The van der Waals surface area contributed by atoms with Crippen molar-refractivity contribution in [2.45, 2.75) is 52.4 Å². The van der Waals surface area contributed by atoms with Gasteiger partial charge in [-0.2, -0.15) is 0 Å². The molecule has 0 saturated carbocycles. The zero-order valence-electron chi connectivity index (χ0n) is 12.0. The standard InChI is InChI=1S/C13H25NO4/c1-9(2)11(15)10-8-17-7-6-14(10)12(16)18-13(3,4)5/h9-11,15H,6-8H2,1-5H3. The Morgan fingerprint density at radius 1 is 1.44 bits per heavy atom. The Bertz CT molecular complexity index is 285. The second kappa shape index (κ2) is 5.89. The van der Waals surface area contributed by atoms with E-state index in [1.165, 1.54) is 0 Å². The Kier molecular flexibility index (Phi) is 4.99. The summed E-state index contributed by atoms with van der Waals surface area (Å²) in [4.78, 5) is 13.7. The minimum Gasteiger partial charge on any atom is -0.444 e. The summed E-state index contributed by atoms with van der Waals surface area (Å²) in [5.74, 6) is 0.0710. The molecule has 18 heavy (non-hydrogen) atoms. The van der Waals surface area contributed by atoms with Crippen molar-refractivity contribution in [3.8, 4) is 0 Å². The van der Waals surface area contributed by atoms with Gasteiger partial charge in [0, 0.05) is 6.54 Å². The first-order valence-electron chi connectivity index (χ1n) is 6.48. The molecular weight excluding hydrogens is 234 g/mol. The summed E-state index contributed by atoms with van der Waals surface area (Å²) < 4.78 is 10.7. The first-order valence-corrected chi connectivity index (χ1v) is 6.48. The van der Waals surface area contributed by atoms with Crippen molar-refractivity contribution in [3.63, 3.8) is 0 Å². The molecule has 0 aliphatic carbocycles. The minimum atomic E-state index is -0.599. The van der Waals surface area contributed by atoms with E-state index in [2.05, 4.69) is 0 Å². The fraction of sp³-hybridized carbons (Fsp3) is 0.923. The monoisotopic (exact) mass is 259 g/mol. The SMILES string of the molecule is CC(C)C(O)C1COCCN1C(=O)OC(C)(C)C. The molecule has 1 fully saturated rings. The lowest BCUT2D eigenvalue weighted by Gasteiger charge is -2.39. The predicted octanol–water partition coefficient (Wildman–Crippen LogP) is 1.64. The Labute approximate surface area is 109 Å². The maximum absolute atomic E-state index is 12.1. The van der Waals surface area contributed by atoms with E-state index in [0.717, 1.165) is 0 Å². The molecule has 1 rings (SSSR count). The Morgan fingerprint density at radius 3 is 2.56 bits per heavy atom. The second-order valence-corrected chi connectivity index (χ2v) is 6.05. The van der Waals surface area contributed by atoms with Gasteiger partial charge in [-0.3, -0.25) is 4.90 Å². The number of carbonyl (C=O) groups is 1. The van der Waals surface area contributed by atoms with Crippen molar-refractivity contribution >= 4 is 6.09 Å². The van der Waals surface area contributed by atoms with E-state index < -0.39 is 11.7 Å². The average Bonchev–Trinajstić information content (AvgIpc) is 2.25. The molecule has 1 saturated heterocycles. The van der Waals surface area contributed by atoms with Crippen LogP contribution < -0.4 is 0 Å². The van der Waals surface area contributed by atoms with E-state index in [9.17, 15) is 9.90 Å². The Balaban J connectivity index is 2.73. The first kappa shape index (κ1) is 15.2. The van der Waals surface area contributed by atoms with Crippen LogP contribution in [0, 0.1) is 5.92 Å². The number of morpholine rings is 1. The highest BCUT2D eigenvalue weighted by molar-refractivity contribution is 5.68. The smallest absolute Gasteiger partial charge is 0.410 e. The van der Waals surface area contributed by atoms with Crippen LogP contribution in [-0.4, -0.2) is 53.6 Å². The van der Waals surface area contributed by atoms with Gasteiger partial charge < -0.3 is 14.6 Å². The quantitative estimate of drug-likeness (QED) is 0.819.